The zero-order valence-electron chi connectivity index (χ0n) is 20.1. The lowest BCUT2D eigenvalue weighted by molar-refractivity contribution is -0.0719. The van der Waals surface area contributed by atoms with Crippen LogP contribution in [-0.2, 0) is 32.2 Å². The molecule has 3 atom stereocenters. The molecule has 0 unspecified atom stereocenters. The van der Waals surface area contributed by atoms with Crippen molar-refractivity contribution in [2.75, 3.05) is 18.5 Å². The number of alkyl halides is 3. The summed E-state index contributed by atoms with van der Waals surface area (Å²) in [5, 5.41) is 18.8. The highest BCUT2D eigenvalue weighted by atomic mass is 35.6. The third-order valence-electron chi connectivity index (χ3n) is 5.72. The van der Waals surface area contributed by atoms with Gasteiger partial charge in [-0.25, -0.2) is 4.79 Å². The number of nitriles is 1. The van der Waals surface area contributed by atoms with Gasteiger partial charge in [-0.3, -0.25) is 10.4 Å². The maximum atomic E-state index is 12.3. The van der Waals surface area contributed by atoms with Gasteiger partial charge < -0.3 is 18.9 Å². The van der Waals surface area contributed by atoms with Crippen molar-refractivity contribution in [3.05, 3.63) is 83.2 Å². The zero-order valence-corrected chi connectivity index (χ0v) is 22.4. The Morgan fingerprint density at radius 3 is 2.39 bits per heavy atom. The predicted octanol–water partition coefficient (Wildman–Crippen LogP) is 5.83. The van der Waals surface area contributed by atoms with E-state index in [-0.39, 0.29) is 24.1 Å². The second-order valence-electron chi connectivity index (χ2n) is 8.52. The van der Waals surface area contributed by atoms with E-state index in [0.29, 0.717) is 25.3 Å². The van der Waals surface area contributed by atoms with Crippen molar-refractivity contribution < 1.29 is 23.7 Å². The van der Waals surface area contributed by atoms with E-state index in [1.54, 1.807) is 0 Å². The van der Waals surface area contributed by atoms with Gasteiger partial charge in [0.05, 0.1) is 31.6 Å². The predicted molar refractivity (Wildman–Crippen MR) is 142 cm³/mol. The summed E-state index contributed by atoms with van der Waals surface area (Å²) in [6, 6.07) is 21.5. The standard InChI is InChI=1S/C26H25Cl3N4O5/c27-26(28,29)16-37-25(34)31-23-19(12-30)32-33-24(23)21-11-20(36-14-18-9-5-2-6-10-18)22(38-21)15-35-13-17-7-3-1-4-8-17/h1-10,20-22H,11,13-16H2,(H,31,34)(H,32,33)/t20-,21+,22+/m0/s1. The van der Waals surface area contributed by atoms with Crippen LogP contribution >= 0.6 is 34.8 Å². The number of nitrogens with zero attached hydrogens (tertiary/aromatic N) is 2. The lowest BCUT2D eigenvalue weighted by Crippen LogP contribution is -2.29. The van der Waals surface area contributed by atoms with Gasteiger partial charge in [0.15, 0.2) is 5.69 Å². The summed E-state index contributed by atoms with van der Waals surface area (Å²) >= 11 is 16.9. The average Bonchev–Trinajstić information content (AvgIpc) is 3.50. The highest BCUT2D eigenvalue weighted by Crippen LogP contribution is 2.38. The van der Waals surface area contributed by atoms with Gasteiger partial charge in [-0.1, -0.05) is 95.5 Å². The van der Waals surface area contributed by atoms with E-state index < -0.39 is 28.7 Å². The molecular weight excluding hydrogens is 555 g/mol. The second kappa shape index (κ2) is 13.3. The van der Waals surface area contributed by atoms with Crippen LogP contribution in [0, 0.1) is 11.3 Å². The first-order valence-electron chi connectivity index (χ1n) is 11.7. The zero-order chi connectivity index (χ0) is 27.0. The molecule has 200 valence electrons. The van der Waals surface area contributed by atoms with Gasteiger partial charge in [-0.05, 0) is 11.1 Å². The number of hydrogen-bond acceptors (Lipinski definition) is 7. The summed E-state index contributed by atoms with van der Waals surface area (Å²) in [4.78, 5) is 12.3. The third-order valence-corrected chi connectivity index (χ3v) is 6.04. The van der Waals surface area contributed by atoms with Crippen molar-refractivity contribution in [1.82, 2.24) is 10.2 Å². The molecule has 12 heteroatoms. The monoisotopic (exact) mass is 578 g/mol. The van der Waals surface area contributed by atoms with Crippen LogP contribution in [0.25, 0.3) is 0 Å². The number of amides is 1. The minimum Gasteiger partial charge on any atom is -0.445 e. The number of aromatic amines is 1. The molecule has 0 bridgehead atoms. The highest BCUT2D eigenvalue weighted by molar-refractivity contribution is 6.67. The number of aromatic nitrogens is 2. The molecule has 1 aromatic heterocycles. The largest absolute Gasteiger partial charge is 0.445 e. The molecule has 4 rings (SSSR count). The quantitative estimate of drug-likeness (QED) is 0.290. The van der Waals surface area contributed by atoms with Gasteiger partial charge >= 0.3 is 6.09 Å². The fraction of sp³-hybridized carbons (Fsp3) is 0.346. The highest BCUT2D eigenvalue weighted by Gasteiger charge is 2.40. The Bertz CT molecular complexity index is 1230. The first-order valence-corrected chi connectivity index (χ1v) is 12.9. The molecule has 2 N–H and O–H groups in total. The van der Waals surface area contributed by atoms with Crippen LogP contribution in [0.1, 0.15) is 35.0 Å². The van der Waals surface area contributed by atoms with Gasteiger partial charge in [-0.2, -0.15) is 10.4 Å². The topological polar surface area (TPSA) is 118 Å². The maximum Gasteiger partial charge on any atom is 0.411 e. The van der Waals surface area contributed by atoms with Crippen LogP contribution in [0.2, 0.25) is 0 Å². The number of benzene rings is 2. The average molecular weight is 580 g/mol. The minimum absolute atomic E-state index is 0.0417. The van der Waals surface area contributed by atoms with E-state index in [4.69, 9.17) is 53.8 Å². The second-order valence-corrected chi connectivity index (χ2v) is 11.0. The Morgan fingerprint density at radius 2 is 1.76 bits per heavy atom. The Hall–Kier alpha value is -2.84. The Labute approximate surface area is 234 Å². The SMILES string of the molecule is N#Cc1n[nH]c([C@H]2C[C@H](OCc3ccccc3)[C@@H](COCc3ccccc3)O2)c1NC(=O)OCC(Cl)(Cl)Cl. The van der Waals surface area contributed by atoms with Crippen molar-refractivity contribution in [1.29, 1.82) is 5.26 Å². The molecule has 2 aromatic carbocycles. The van der Waals surface area contributed by atoms with E-state index in [9.17, 15) is 10.1 Å². The molecule has 1 aliphatic heterocycles. The van der Waals surface area contributed by atoms with E-state index in [1.807, 2.05) is 66.7 Å². The molecule has 38 heavy (non-hydrogen) atoms. The molecule has 9 nitrogen and oxygen atoms in total. The van der Waals surface area contributed by atoms with Crippen LogP contribution in [-0.4, -0.2) is 45.5 Å². The van der Waals surface area contributed by atoms with Gasteiger partial charge in [0.25, 0.3) is 0 Å². The van der Waals surface area contributed by atoms with Crippen molar-refractivity contribution >= 4 is 46.6 Å². The van der Waals surface area contributed by atoms with Crippen molar-refractivity contribution in [2.45, 2.75) is 41.7 Å². The summed E-state index contributed by atoms with van der Waals surface area (Å²) in [6.07, 6.45) is -1.79. The smallest absolute Gasteiger partial charge is 0.411 e. The lowest BCUT2D eigenvalue weighted by Gasteiger charge is -2.19. The van der Waals surface area contributed by atoms with Gasteiger partial charge in [0.1, 0.15) is 30.6 Å². The minimum atomic E-state index is -1.78. The molecule has 1 fully saturated rings. The van der Waals surface area contributed by atoms with Gasteiger partial charge in [0, 0.05) is 6.42 Å². The number of halogens is 3. The molecule has 2 heterocycles. The lowest BCUT2D eigenvalue weighted by atomic mass is 10.1. The summed E-state index contributed by atoms with van der Waals surface area (Å²) in [7, 11) is 0. The number of nitrogens with one attached hydrogen (secondary N) is 2. The Balaban J connectivity index is 1.46. The molecule has 0 aliphatic carbocycles. The van der Waals surface area contributed by atoms with E-state index in [2.05, 4.69) is 15.5 Å². The van der Waals surface area contributed by atoms with Crippen molar-refractivity contribution in [3.63, 3.8) is 0 Å². The number of H-pyrrole nitrogens is 1. The molecule has 0 radical (unpaired) electrons. The van der Waals surface area contributed by atoms with Crippen LogP contribution in [0.5, 0.6) is 0 Å². The first kappa shape index (κ1) is 28.2. The number of hydrogen-bond donors (Lipinski definition) is 2. The first-order chi connectivity index (χ1) is 18.3. The maximum absolute atomic E-state index is 12.3. The molecule has 1 saturated heterocycles. The number of rotatable bonds is 10. The molecule has 1 aliphatic rings. The van der Waals surface area contributed by atoms with E-state index in [1.165, 1.54) is 0 Å². The molecule has 1 amide bonds. The van der Waals surface area contributed by atoms with E-state index >= 15 is 0 Å². The number of carbonyl (C=O) groups is 1. The van der Waals surface area contributed by atoms with Crippen LogP contribution in [0.3, 0.4) is 0 Å². The fourth-order valence-electron chi connectivity index (χ4n) is 3.95. The molecule has 3 aromatic rings. The Kier molecular flexibility index (Phi) is 9.86. The van der Waals surface area contributed by atoms with Crippen LogP contribution < -0.4 is 5.32 Å². The van der Waals surface area contributed by atoms with Gasteiger partial charge in [0.2, 0.25) is 3.79 Å². The van der Waals surface area contributed by atoms with Crippen molar-refractivity contribution in [2.24, 2.45) is 0 Å². The third kappa shape index (κ3) is 8.08. The molecule has 0 saturated carbocycles. The molecular formula is C26H25Cl3N4O5. The Morgan fingerprint density at radius 1 is 1.11 bits per heavy atom. The summed E-state index contributed by atoms with van der Waals surface area (Å²) in [5.41, 5.74) is 2.54. The number of ether oxygens (including phenoxy) is 4. The molecule has 0 spiro atoms. The summed E-state index contributed by atoms with van der Waals surface area (Å²) in [5.74, 6) is 0. The normalized spacial score (nSPS) is 19.2. The van der Waals surface area contributed by atoms with Gasteiger partial charge in [-0.15, -0.1) is 0 Å². The fourth-order valence-corrected chi connectivity index (χ4v) is 4.11. The van der Waals surface area contributed by atoms with Crippen LogP contribution in [0.15, 0.2) is 60.7 Å². The van der Waals surface area contributed by atoms with Crippen LogP contribution in [0.4, 0.5) is 10.5 Å². The number of anilines is 1. The summed E-state index contributed by atoms with van der Waals surface area (Å²) < 4.78 is 21.6. The van der Waals surface area contributed by atoms with Crippen molar-refractivity contribution in [3.8, 4) is 6.07 Å². The summed E-state index contributed by atoms with van der Waals surface area (Å²) in [6.45, 7) is 0.603. The van der Waals surface area contributed by atoms with E-state index in [0.717, 1.165) is 11.1 Å². The number of carbonyl (C=O) groups excluding carboxylic acids is 1.